The molecule has 2 atom stereocenters. The number of hydrogen-bond acceptors (Lipinski definition) is 5. The number of nitrogens with zero attached hydrogens (tertiary/aromatic N) is 1. The van der Waals surface area contributed by atoms with Crippen molar-refractivity contribution in [1.82, 2.24) is 4.90 Å². The molecule has 1 rings (SSSR count). The van der Waals surface area contributed by atoms with Gasteiger partial charge < -0.3 is 14.6 Å². The Kier molecular flexibility index (Phi) is 5.28. The predicted octanol–water partition coefficient (Wildman–Crippen LogP) is 2.25. The Labute approximate surface area is 132 Å². The van der Waals surface area contributed by atoms with Gasteiger partial charge in [0, 0.05) is 0 Å². The number of aliphatic hydroxyl groups excluding tert-OH is 1. The second-order valence-electron chi connectivity index (χ2n) is 7.37. The maximum Gasteiger partial charge on any atom is 0.411 e. The molecular formula is C16H27NO5. The molecule has 22 heavy (non-hydrogen) atoms. The number of esters is 1. The molecule has 1 fully saturated rings. The van der Waals surface area contributed by atoms with E-state index in [2.05, 4.69) is 0 Å². The highest BCUT2D eigenvalue weighted by atomic mass is 16.6. The third-order valence-corrected chi connectivity index (χ3v) is 2.97. The first-order chi connectivity index (χ1) is 9.85. The standard InChI is InChI=1S/C16H27NO5/c1-8-10-11(18)9-17(14(20)22-16(5,6)7)12(10)13(19)21-15(2,3)4/h8,11-12,18H,9H2,1-7H3/b10-8-/t11-,12-/m0/s1. The Balaban J connectivity index is 3.05. The molecule has 0 bridgehead atoms. The van der Waals surface area contributed by atoms with E-state index in [1.807, 2.05) is 0 Å². The fraction of sp³-hybridized carbons (Fsp3) is 0.750. The second-order valence-corrected chi connectivity index (χ2v) is 7.37. The molecular weight excluding hydrogens is 286 g/mol. The topological polar surface area (TPSA) is 76.1 Å². The van der Waals surface area contributed by atoms with Gasteiger partial charge in [0.1, 0.15) is 11.2 Å². The van der Waals surface area contributed by atoms with Crippen molar-refractivity contribution < 1.29 is 24.2 Å². The van der Waals surface area contributed by atoms with Crippen LogP contribution >= 0.6 is 0 Å². The van der Waals surface area contributed by atoms with Gasteiger partial charge in [-0.2, -0.15) is 0 Å². The van der Waals surface area contributed by atoms with Crippen molar-refractivity contribution in [2.75, 3.05) is 6.54 Å². The zero-order valence-electron chi connectivity index (χ0n) is 14.5. The highest BCUT2D eigenvalue weighted by Gasteiger charge is 2.46. The quantitative estimate of drug-likeness (QED) is 0.593. The molecule has 1 N–H and O–H groups in total. The van der Waals surface area contributed by atoms with Gasteiger partial charge in [-0.25, -0.2) is 9.59 Å². The smallest absolute Gasteiger partial charge is 0.411 e. The van der Waals surface area contributed by atoms with E-state index in [0.717, 1.165) is 0 Å². The number of amides is 1. The minimum absolute atomic E-state index is 0.0124. The molecule has 1 amide bonds. The first-order valence-electron chi connectivity index (χ1n) is 7.42. The summed E-state index contributed by atoms with van der Waals surface area (Å²) < 4.78 is 10.7. The third-order valence-electron chi connectivity index (χ3n) is 2.97. The summed E-state index contributed by atoms with van der Waals surface area (Å²) in [4.78, 5) is 26.0. The molecule has 1 heterocycles. The van der Waals surface area contributed by atoms with Crippen LogP contribution in [0.5, 0.6) is 0 Å². The Hall–Kier alpha value is -1.56. The zero-order valence-corrected chi connectivity index (χ0v) is 14.5. The number of likely N-dealkylation sites (tertiary alicyclic amines) is 1. The van der Waals surface area contributed by atoms with Crippen LogP contribution in [0.3, 0.4) is 0 Å². The van der Waals surface area contributed by atoms with Gasteiger partial charge in [0.05, 0.1) is 12.6 Å². The molecule has 1 saturated heterocycles. The maximum absolute atomic E-state index is 12.4. The van der Waals surface area contributed by atoms with Crippen molar-refractivity contribution in [1.29, 1.82) is 0 Å². The van der Waals surface area contributed by atoms with Gasteiger partial charge in [-0.05, 0) is 54.0 Å². The summed E-state index contributed by atoms with van der Waals surface area (Å²) in [6, 6.07) is -0.950. The summed E-state index contributed by atoms with van der Waals surface area (Å²) in [6.07, 6.45) is 0.109. The number of rotatable bonds is 1. The van der Waals surface area contributed by atoms with Crippen LogP contribution in [-0.2, 0) is 14.3 Å². The van der Waals surface area contributed by atoms with Gasteiger partial charge in [0.25, 0.3) is 0 Å². The normalized spacial score (nSPS) is 24.5. The van der Waals surface area contributed by atoms with E-state index in [1.165, 1.54) is 4.90 Å². The summed E-state index contributed by atoms with van der Waals surface area (Å²) >= 11 is 0. The number of β-amino-alcohol motifs (C(OH)–C–C–N with tert-alkyl or cyclic N) is 1. The fourth-order valence-electron chi connectivity index (χ4n) is 2.23. The van der Waals surface area contributed by atoms with Gasteiger partial charge in [0.15, 0.2) is 6.04 Å². The molecule has 1 aliphatic rings. The summed E-state index contributed by atoms with van der Waals surface area (Å²) in [5.74, 6) is -0.567. The number of aliphatic hydroxyl groups is 1. The molecule has 0 saturated carbocycles. The van der Waals surface area contributed by atoms with Crippen LogP contribution in [0, 0.1) is 0 Å². The van der Waals surface area contributed by atoms with E-state index in [4.69, 9.17) is 9.47 Å². The second kappa shape index (κ2) is 6.28. The molecule has 1 aliphatic heterocycles. The summed E-state index contributed by atoms with van der Waals surface area (Å²) in [5, 5.41) is 10.1. The highest BCUT2D eigenvalue weighted by molar-refractivity contribution is 5.86. The monoisotopic (exact) mass is 313 g/mol. The molecule has 0 spiro atoms. The first kappa shape index (κ1) is 18.5. The molecule has 6 nitrogen and oxygen atoms in total. The average molecular weight is 313 g/mol. The molecule has 0 aromatic heterocycles. The Bertz CT molecular complexity index is 470. The predicted molar refractivity (Wildman–Crippen MR) is 82.3 cm³/mol. The van der Waals surface area contributed by atoms with Gasteiger partial charge in [-0.1, -0.05) is 6.08 Å². The van der Waals surface area contributed by atoms with Crippen LogP contribution in [-0.4, -0.2) is 52.0 Å². The first-order valence-corrected chi connectivity index (χ1v) is 7.42. The summed E-state index contributed by atoms with van der Waals surface area (Å²) in [6.45, 7) is 12.2. The largest absolute Gasteiger partial charge is 0.458 e. The van der Waals surface area contributed by atoms with Crippen LogP contribution < -0.4 is 0 Å². The van der Waals surface area contributed by atoms with E-state index in [0.29, 0.717) is 5.57 Å². The van der Waals surface area contributed by atoms with E-state index < -0.39 is 35.4 Å². The van der Waals surface area contributed by atoms with E-state index in [-0.39, 0.29) is 6.54 Å². The lowest BCUT2D eigenvalue weighted by molar-refractivity contribution is -0.158. The molecule has 0 aromatic rings. The lowest BCUT2D eigenvalue weighted by atomic mass is 10.1. The van der Waals surface area contributed by atoms with Gasteiger partial charge in [-0.15, -0.1) is 0 Å². The third kappa shape index (κ3) is 4.73. The number of hydrogen-bond donors (Lipinski definition) is 1. The Morgan fingerprint density at radius 3 is 2.05 bits per heavy atom. The number of ether oxygens (including phenoxy) is 2. The van der Waals surface area contributed by atoms with E-state index >= 15 is 0 Å². The zero-order chi connectivity index (χ0) is 17.3. The molecule has 6 heteroatoms. The van der Waals surface area contributed by atoms with Crippen LogP contribution in [0.4, 0.5) is 4.79 Å². The van der Waals surface area contributed by atoms with Crippen LogP contribution in [0.25, 0.3) is 0 Å². The number of carbonyl (C=O) groups is 2. The highest BCUT2D eigenvalue weighted by Crippen LogP contribution is 2.28. The van der Waals surface area contributed by atoms with Crippen LogP contribution in [0.1, 0.15) is 48.5 Å². The SMILES string of the molecule is C/C=C1\[C@@H](C(=O)OC(C)(C)C)N(C(=O)OC(C)(C)C)C[C@@H]1O. The minimum atomic E-state index is -0.950. The van der Waals surface area contributed by atoms with Gasteiger partial charge in [0.2, 0.25) is 0 Å². The molecule has 0 aromatic carbocycles. The van der Waals surface area contributed by atoms with Crippen LogP contribution in [0.15, 0.2) is 11.6 Å². The Morgan fingerprint density at radius 2 is 1.64 bits per heavy atom. The summed E-state index contributed by atoms with van der Waals surface area (Å²) in [7, 11) is 0. The lowest BCUT2D eigenvalue weighted by Crippen LogP contribution is -2.46. The van der Waals surface area contributed by atoms with Crippen molar-refractivity contribution in [2.24, 2.45) is 0 Å². The Morgan fingerprint density at radius 1 is 1.14 bits per heavy atom. The maximum atomic E-state index is 12.4. The summed E-state index contributed by atoms with van der Waals surface area (Å²) in [5.41, 5.74) is -0.900. The van der Waals surface area contributed by atoms with E-state index in [9.17, 15) is 14.7 Å². The molecule has 126 valence electrons. The minimum Gasteiger partial charge on any atom is -0.458 e. The molecule has 0 unspecified atom stereocenters. The van der Waals surface area contributed by atoms with Crippen molar-refractivity contribution in [3.05, 3.63) is 11.6 Å². The molecule has 0 radical (unpaired) electrons. The van der Waals surface area contributed by atoms with Crippen molar-refractivity contribution in [3.63, 3.8) is 0 Å². The van der Waals surface area contributed by atoms with Gasteiger partial charge >= 0.3 is 12.1 Å². The molecule has 0 aliphatic carbocycles. The van der Waals surface area contributed by atoms with Crippen molar-refractivity contribution in [3.8, 4) is 0 Å². The van der Waals surface area contributed by atoms with Crippen molar-refractivity contribution in [2.45, 2.75) is 71.8 Å². The average Bonchev–Trinajstić information content (AvgIpc) is 2.61. The van der Waals surface area contributed by atoms with E-state index in [1.54, 1.807) is 54.5 Å². The fourth-order valence-corrected chi connectivity index (χ4v) is 2.23. The van der Waals surface area contributed by atoms with Crippen LogP contribution in [0.2, 0.25) is 0 Å². The van der Waals surface area contributed by atoms with Crippen molar-refractivity contribution >= 4 is 12.1 Å². The van der Waals surface area contributed by atoms with Gasteiger partial charge in [-0.3, -0.25) is 4.90 Å². The number of carbonyl (C=O) groups excluding carboxylic acids is 2. The lowest BCUT2D eigenvalue weighted by Gasteiger charge is -2.29. The number of allylic oxidation sites excluding steroid dienone is 1.